The Kier molecular flexibility index (Phi) is 5.05. The summed E-state index contributed by atoms with van der Waals surface area (Å²) in [5, 5.41) is 5.60. The summed E-state index contributed by atoms with van der Waals surface area (Å²) in [5.74, 6) is -0.152. The van der Waals surface area contributed by atoms with Crippen molar-refractivity contribution in [3.63, 3.8) is 0 Å². The lowest BCUT2D eigenvalue weighted by atomic mass is 10.1. The molecular weight excluding hydrogens is 388 g/mol. The molecule has 0 amide bonds. The van der Waals surface area contributed by atoms with Crippen LogP contribution in [0.15, 0.2) is 62.5 Å². The summed E-state index contributed by atoms with van der Waals surface area (Å²) in [5.41, 5.74) is 0.0255. The van der Waals surface area contributed by atoms with Crippen LogP contribution in [0.5, 0.6) is 5.75 Å². The highest BCUT2D eigenvalue weighted by molar-refractivity contribution is 6.02. The van der Waals surface area contributed by atoms with E-state index >= 15 is 0 Å². The third kappa shape index (κ3) is 3.43. The summed E-state index contributed by atoms with van der Waals surface area (Å²) in [7, 11) is 1.51. The first-order valence-corrected chi connectivity index (χ1v) is 9.29. The second-order valence-electron chi connectivity index (χ2n) is 6.54. The Bertz CT molecular complexity index is 1390. The third-order valence-corrected chi connectivity index (χ3v) is 4.76. The quantitative estimate of drug-likeness (QED) is 0.371. The number of benzene rings is 2. The zero-order chi connectivity index (χ0) is 21.3. The van der Waals surface area contributed by atoms with Crippen LogP contribution in [0.25, 0.3) is 21.7 Å². The van der Waals surface area contributed by atoms with E-state index in [0.717, 1.165) is 0 Å². The van der Waals surface area contributed by atoms with Crippen molar-refractivity contribution in [2.75, 3.05) is 7.11 Å². The van der Waals surface area contributed by atoms with Crippen LogP contribution >= 0.6 is 0 Å². The van der Waals surface area contributed by atoms with Crippen LogP contribution in [0.4, 0.5) is 0 Å². The van der Waals surface area contributed by atoms with E-state index in [1.807, 2.05) is 0 Å². The van der Waals surface area contributed by atoms with Crippen LogP contribution in [-0.4, -0.2) is 22.9 Å². The maximum Gasteiger partial charge on any atom is 0.359 e. The topological polar surface area (TPSA) is 101 Å². The van der Waals surface area contributed by atoms with Gasteiger partial charge in [-0.2, -0.15) is 5.10 Å². The number of fused-ring (bicyclic) bond motifs is 2. The molecule has 0 spiro atoms. The molecule has 30 heavy (non-hydrogen) atoms. The normalized spacial score (nSPS) is 11.0. The molecule has 2 aromatic heterocycles. The molecule has 0 fully saturated rings. The Labute approximate surface area is 170 Å². The maximum atomic E-state index is 12.8. The first-order chi connectivity index (χ1) is 14.5. The number of aryl methyl sites for hydroxylation is 1. The fraction of sp³-hybridized carbons (Fsp3) is 0.182. The first kappa shape index (κ1) is 19.4. The molecule has 4 aromatic rings. The predicted molar refractivity (Wildman–Crippen MR) is 110 cm³/mol. The van der Waals surface area contributed by atoms with Crippen molar-refractivity contribution >= 4 is 27.7 Å². The van der Waals surface area contributed by atoms with Gasteiger partial charge < -0.3 is 13.9 Å². The number of esters is 1. The molecule has 0 saturated heterocycles. The Hall–Kier alpha value is -3.94. The zero-order valence-electron chi connectivity index (χ0n) is 16.4. The molecule has 0 unspecified atom stereocenters. The SMILES string of the molecule is CCn1nc(C(=O)OCc2cc(=O)oc3cc(OC)ccc23)c2ccccc2c1=O. The van der Waals surface area contributed by atoms with E-state index in [-0.39, 0.29) is 17.9 Å². The van der Waals surface area contributed by atoms with Gasteiger partial charge >= 0.3 is 11.6 Å². The second-order valence-corrected chi connectivity index (χ2v) is 6.54. The number of nitrogens with zero attached hydrogens (tertiary/aromatic N) is 2. The number of methoxy groups -OCH3 is 1. The van der Waals surface area contributed by atoms with Crippen molar-refractivity contribution in [1.29, 1.82) is 0 Å². The monoisotopic (exact) mass is 406 g/mol. The van der Waals surface area contributed by atoms with Gasteiger partial charge in [0, 0.05) is 35.0 Å². The van der Waals surface area contributed by atoms with E-state index in [9.17, 15) is 14.4 Å². The average Bonchev–Trinajstić information content (AvgIpc) is 2.77. The minimum atomic E-state index is -0.691. The minimum Gasteiger partial charge on any atom is -0.497 e. The standard InChI is InChI=1S/C22H18N2O6/c1-3-24-21(26)17-7-5-4-6-16(17)20(23-24)22(27)29-12-13-10-19(25)30-18-11-14(28-2)8-9-15(13)18/h4-11H,3,12H2,1-2H3. The highest BCUT2D eigenvalue weighted by atomic mass is 16.5. The van der Waals surface area contributed by atoms with Crippen molar-refractivity contribution in [1.82, 2.24) is 9.78 Å². The van der Waals surface area contributed by atoms with Crippen LogP contribution in [0.2, 0.25) is 0 Å². The lowest BCUT2D eigenvalue weighted by Gasteiger charge is -2.11. The number of hydrogen-bond acceptors (Lipinski definition) is 7. The molecule has 0 radical (unpaired) electrons. The number of carbonyl (C=O) groups excluding carboxylic acids is 1. The summed E-state index contributed by atoms with van der Waals surface area (Å²) in [6, 6.07) is 13.1. The van der Waals surface area contributed by atoms with Gasteiger partial charge in [-0.3, -0.25) is 4.79 Å². The van der Waals surface area contributed by atoms with E-state index in [4.69, 9.17) is 13.9 Å². The van der Waals surface area contributed by atoms with E-state index in [2.05, 4.69) is 5.10 Å². The van der Waals surface area contributed by atoms with Crippen molar-refractivity contribution < 1.29 is 18.7 Å². The van der Waals surface area contributed by atoms with Gasteiger partial charge in [0.25, 0.3) is 5.56 Å². The summed E-state index contributed by atoms with van der Waals surface area (Å²) >= 11 is 0. The first-order valence-electron chi connectivity index (χ1n) is 9.29. The Morgan fingerprint density at radius 2 is 1.83 bits per heavy atom. The molecule has 2 aromatic carbocycles. The molecular formula is C22H18N2O6. The maximum absolute atomic E-state index is 12.8. The molecule has 0 saturated carbocycles. The van der Waals surface area contributed by atoms with Gasteiger partial charge in [-0.05, 0) is 25.1 Å². The van der Waals surface area contributed by atoms with Crippen molar-refractivity contribution in [3.05, 3.63) is 80.6 Å². The summed E-state index contributed by atoms with van der Waals surface area (Å²) in [4.78, 5) is 37.2. The smallest absolute Gasteiger partial charge is 0.359 e. The Morgan fingerprint density at radius 1 is 1.07 bits per heavy atom. The fourth-order valence-electron chi connectivity index (χ4n) is 3.27. The Balaban J connectivity index is 1.70. The Morgan fingerprint density at radius 3 is 2.57 bits per heavy atom. The molecule has 0 aliphatic carbocycles. The molecule has 4 rings (SSSR count). The number of rotatable bonds is 5. The van der Waals surface area contributed by atoms with Crippen molar-refractivity contribution in [2.24, 2.45) is 0 Å². The van der Waals surface area contributed by atoms with Gasteiger partial charge in [-0.15, -0.1) is 0 Å². The van der Waals surface area contributed by atoms with E-state index < -0.39 is 11.6 Å². The lowest BCUT2D eigenvalue weighted by Crippen LogP contribution is -2.25. The van der Waals surface area contributed by atoms with Gasteiger partial charge in [0.05, 0.1) is 12.5 Å². The van der Waals surface area contributed by atoms with Gasteiger partial charge in [0.2, 0.25) is 0 Å². The molecule has 0 atom stereocenters. The van der Waals surface area contributed by atoms with Crippen LogP contribution in [-0.2, 0) is 17.9 Å². The van der Waals surface area contributed by atoms with E-state index in [0.29, 0.717) is 39.6 Å². The molecule has 0 bridgehead atoms. The van der Waals surface area contributed by atoms with Gasteiger partial charge in [0.1, 0.15) is 17.9 Å². The molecule has 8 heteroatoms. The number of carbonyl (C=O) groups is 1. The van der Waals surface area contributed by atoms with E-state index in [1.54, 1.807) is 49.4 Å². The summed E-state index contributed by atoms with van der Waals surface area (Å²) < 4.78 is 17.0. The fourth-order valence-corrected chi connectivity index (χ4v) is 3.27. The average molecular weight is 406 g/mol. The van der Waals surface area contributed by atoms with Gasteiger partial charge in [-0.1, -0.05) is 18.2 Å². The van der Waals surface area contributed by atoms with Crippen LogP contribution in [0.1, 0.15) is 23.0 Å². The second kappa shape index (κ2) is 7.82. The lowest BCUT2D eigenvalue weighted by molar-refractivity contribution is 0.0466. The van der Waals surface area contributed by atoms with Crippen LogP contribution < -0.4 is 15.9 Å². The van der Waals surface area contributed by atoms with Crippen molar-refractivity contribution in [3.8, 4) is 5.75 Å². The molecule has 2 heterocycles. The summed E-state index contributed by atoms with van der Waals surface area (Å²) in [6.45, 7) is 1.92. The van der Waals surface area contributed by atoms with Crippen LogP contribution in [0, 0.1) is 0 Å². The summed E-state index contributed by atoms with van der Waals surface area (Å²) in [6.07, 6.45) is 0. The number of aromatic nitrogens is 2. The van der Waals surface area contributed by atoms with Crippen molar-refractivity contribution in [2.45, 2.75) is 20.1 Å². The largest absolute Gasteiger partial charge is 0.497 e. The zero-order valence-corrected chi connectivity index (χ0v) is 16.4. The van der Waals surface area contributed by atoms with Gasteiger partial charge in [0.15, 0.2) is 5.69 Å². The minimum absolute atomic E-state index is 0.0426. The number of ether oxygens (including phenoxy) is 2. The van der Waals surface area contributed by atoms with Gasteiger partial charge in [-0.25, -0.2) is 14.3 Å². The molecule has 0 aliphatic heterocycles. The van der Waals surface area contributed by atoms with Crippen LogP contribution in [0.3, 0.4) is 0 Å². The number of hydrogen-bond donors (Lipinski definition) is 0. The predicted octanol–water partition coefficient (Wildman–Crippen LogP) is 2.89. The third-order valence-electron chi connectivity index (χ3n) is 4.76. The molecule has 0 aliphatic rings. The molecule has 152 valence electrons. The highest BCUT2D eigenvalue weighted by Gasteiger charge is 2.18. The highest BCUT2D eigenvalue weighted by Crippen LogP contribution is 2.23. The van der Waals surface area contributed by atoms with E-state index in [1.165, 1.54) is 17.9 Å². The molecule has 8 nitrogen and oxygen atoms in total. The molecule has 0 N–H and O–H groups in total.